The van der Waals surface area contributed by atoms with Crippen LogP contribution >= 0.6 is 0 Å². The fourth-order valence-corrected chi connectivity index (χ4v) is 1.34. The number of carbonyl (C=O) groups is 2. The molecule has 1 rings (SSSR count). The minimum absolute atomic E-state index is 0.110. The van der Waals surface area contributed by atoms with Gasteiger partial charge in [0, 0.05) is 13.5 Å². The van der Waals surface area contributed by atoms with E-state index >= 15 is 0 Å². The molecule has 1 fully saturated rings. The quantitative estimate of drug-likeness (QED) is 0.612. The van der Waals surface area contributed by atoms with Crippen molar-refractivity contribution in [3.05, 3.63) is 0 Å². The van der Waals surface area contributed by atoms with Crippen molar-refractivity contribution >= 4 is 11.9 Å². The number of carbonyl (C=O) groups excluding carboxylic acids is 1. The van der Waals surface area contributed by atoms with E-state index in [1.807, 2.05) is 0 Å². The van der Waals surface area contributed by atoms with Gasteiger partial charge in [-0.3, -0.25) is 4.79 Å². The van der Waals surface area contributed by atoms with Gasteiger partial charge in [0.1, 0.15) is 0 Å². The summed E-state index contributed by atoms with van der Waals surface area (Å²) in [7, 11) is 0. The number of carboxylic acid groups (broad SMARTS) is 1. The van der Waals surface area contributed by atoms with Gasteiger partial charge in [-0.05, 0) is 6.92 Å². The molecule has 0 spiro atoms. The molecule has 1 saturated heterocycles. The molecule has 5 nitrogen and oxygen atoms in total. The molecule has 1 heterocycles. The summed E-state index contributed by atoms with van der Waals surface area (Å²) < 4.78 is 5.13. The Kier molecular flexibility index (Phi) is 2.87. The zero-order valence-electron chi connectivity index (χ0n) is 7.69. The van der Waals surface area contributed by atoms with Crippen LogP contribution in [0.2, 0.25) is 0 Å². The third kappa shape index (κ3) is 2.42. The van der Waals surface area contributed by atoms with Gasteiger partial charge in [0.2, 0.25) is 5.91 Å². The molecule has 13 heavy (non-hydrogen) atoms. The smallest absolute Gasteiger partial charge is 0.334 e. The number of carboxylic acids is 1. The van der Waals surface area contributed by atoms with Crippen molar-refractivity contribution in [2.24, 2.45) is 0 Å². The number of amides is 1. The molecule has 0 radical (unpaired) electrons. The molecule has 5 heteroatoms. The van der Waals surface area contributed by atoms with Crippen LogP contribution in [0.4, 0.5) is 0 Å². The van der Waals surface area contributed by atoms with E-state index in [-0.39, 0.29) is 18.6 Å². The molecular weight excluding hydrogens is 174 g/mol. The topological polar surface area (TPSA) is 66.8 Å². The summed E-state index contributed by atoms with van der Waals surface area (Å²) in [4.78, 5) is 23.1. The van der Waals surface area contributed by atoms with Crippen LogP contribution in [0.1, 0.15) is 13.8 Å². The highest BCUT2D eigenvalue weighted by atomic mass is 16.5. The molecule has 0 aromatic rings. The Morgan fingerprint density at radius 3 is 2.54 bits per heavy atom. The fourth-order valence-electron chi connectivity index (χ4n) is 1.34. The number of hydrogen-bond donors (Lipinski definition) is 1. The van der Waals surface area contributed by atoms with Crippen LogP contribution in [0, 0.1) is 0 Å². The first-order valence-corrected chi connectivity index (χ1v) is 4.14. The van der Waals surface area contributed by atoms with Crippen molar-refractivity contribution in [3.63, 3.8) is 0 Å². The standard InChI is InChI=1S/C8H13NO4/c1-5-3-9(6(2)10)4-7(13-5)8(11)12/h5,7H,3-4H2,1-2H3,(H,11,12)/t5-,7-/m1/s1. The lowest BCUT2D eigenvalue weighted by Gasteiger charge is -2.34. The number of hydrogen-bond acceptors (Lipinski definition) is 3. The summed E-state index contributed by atoms with van der Waals surface area (Å²) in [6.07, 6.45) is -1.09. The Hall–Kier alpha value is -1.10. The fraction of sp³-hybridized carbons (Fsp3) is 0.750. The van der Waals surface area contributed by atoms with Crippen LogP contribution in [-0.2, 0) is 14.3 Å². The van der Waals surface area contributed by atoms with Gasteiger partial charge < -0.3 is 14.7 Å². The van der Waals surface area contributed by atoms with Gasteiger partial charge in [-0.15, -0.1) is 0 Å². The van der Waals surface area contributed by atoms with E-state index in [9.17, 15) is 9.59 Å². The van der Waals surface area contributed by atoms with Gasteiger partial charge in [0.05, 0.1) is 12.6 Å². The monoisotopic (exact) mass is 187 g/mol. The first-order chi connectivity index (χ1) is 6.00. The Morgan fingerprint density at radius 1 is 1.46 bits per heavy atom. The molecule has 1 N–H and O–H groups in total. The summed E-state index contributed by atoms with van der Waals surface area (Å²) >= 11 is 0. The van der Waals surface area contributed by atoms with Gasteiger partial charge >= 0.3 is 5.97 Å². The van der Waals surface area contributed by atoms with Crippen LogP contribution in [0.15, 0.2) is 0 Å². The van der Waals surface area contributed by atoms with E-state index in [4.69, 9.17) is 9.84 Å². The molecule has 1 aliphatic rings. The van der Waals surface area contributed by atoms with E-state index in [2.05, 4.69) is 0 Å². The number of morpholine rings is 1. The molecule has 0 aromatic heterocycles. The van der Waals surface area contributed by atoms with Gasteiger partial charge in [-0.25, -0.2) is 4.79 Å². The van der Waals surface area contributed by atoms with Crippen LogP contribution in [0.3, 0.4) is 0 Å². The van der Waals surface area contributed by atoms with E-state index in [0.717, 1.165) is 0 Å². The summed E-state index contributed by atoms with van der Waals surface area (Å²) in [5.41, 5.74) is 0. The van der Waals surface area contributed by atoms with E-state index in [0.29, 0.717) is 6.54 Å². The summed E-state index contributed by atoms with van der Waals surface area (Å²) in [5.74, 6) is -1.13. The highest BCUT2D eigenvalue weighted by Gasteiger charge is 2.31. The predicted octanol–water partition coefficient (Wildman–Crippen LogP) is -0.293. The maximum atomic E-state index is 11.0. The molecule has 0 saturated carbocycles. The lowest BCUT2D eigenvalue weighted by atomic mass is 10.2. The zero-order valence-corrected chi connectivity index (χ0v) is 7.69. The van der Waals surface area contributed by atoms with Crippen molar-refractivity contribution in [3.8, 4) is 0 Å². The van der Waals surface area contributed by atoms with Crippen LogP contribution in [0.25, 0.3) is 0 Å². The van der Waals surface area contributed by atoms with Crippen molar-refractivity contribution in [2.75, 3.05) is 13.1 Å². The highest BCUT2D eigenvalue weighted by Crippen LogP contribution is 2.11. The molecule has 74 valence electrons. The zero-order chi connectivity index (χ0) is 10.0. The Labute approximate surface area is 76.3 Å². The minimum Gasteiger partial charge on any atom is -0.479 e. The lowest BCUT2D eigenvalue weighted by Crippen LogP contribution is -2.51. The molecule has 0 bridgehead atoms. The molecular formula is C8H13NO4. The van der Waals surface area contributed by atoms with Crippen LogP contribution in [0.5, 0.6) is 0 Å². The van der Waals surface area contributed by atoms with E-state index in [1.54, 1.807) is 6.92 Å². The minimum atomic E-state index is -1.02. The third-order valence-electron chi connectivity index (χ3n) is 1.98. The van der Waals surface area contributed by atoms with Gasteiger partial charge in [0.25, 0.3) is 0 Å². The molecule has 0 unspecified atom stereocenters. The average Bonchev–Trinajstić information content (AvgIpc) is 2.03. The average molecular weight is 187 g/mol. The molecule has 1 amide bonds. The van der Waals surface area contributed by atoms with Crippen LogP contribution < -0.4 is 0 Å². The Bertz CT molecular complexity index is 206. The predicted molar refractivity (Wildman–Crippen MR) is 44.2 cm³/mol. The van der Waals surface area contributed by atoms with Gasteiger partial charge in [-0.2, -0.15) is 0 Å². The second kappa shape index (κ2) is 3.74. The third-order valence-corrected chi connectivity index (χ3v) is 1.98. The second-order valence-electron chi connectivity index (χ2n) is 3.20. The maximum Gasteiger partial charge on any atom is 0.334 e. The first-order valence-electron chi connectivity index (χ1n) is 4.14. The molecule has 1 aliphatic heterocycles. The number of aliphatic carboxylic acids is 1. The summed E-state index contributed by atoms with van der Waals surface area (Å²) in [6, 6.07) is 0. The first kappa shape index (κ1) is 9.98. The SMILES string of the molecule is CC(=O)N1C[C@@H](C)O[C@@H](C(=O)O)C1. The van der Waals surface area contributed by atoms with E-state index < -0.39 is 12.1 Å². The molecule has 2 atom stereocenters. The van der Waals surface area contributed by atoms with Crippen molar-refractivity contribution < 1.29 is 19.4 Å². The molecule has 0 aromatic carbocycles. The van der Waals surface area contributed by atoms with Crippen molar-refractivity contribution in [2.45, 2.75) is 26.1 Å². The Morgan fingerprint density at radius 2 is 2.08 bits per heavy atom. The number of nitrogens with zero attached hydrogens (tertiary/aromatic N) is 1. The summed E-state index contributed by atoms with van der Waals surface area (Å²) in [6.45, 7) is 3.80. The van der Waals surface area contributed by atoms with E-state index in [1.165, 1.54) is 11.8 Å². The second-order valence-corrected chi connectivity index (χ2v) is 3.20. The van der Waals surface area contributed by atoms with Crippen LogP contribution in [-0.4, -0.2) is 47.2 Å². The lowest BCUT2D eigenvalue weighted by molar-refractivity contribution is -0.165. The largest absolute Gasteiger partial charge is 0.479 e. The normalized spacial score (nSPS) is 28.6. The van der Waals surface area contributed by atoms with Gasteiger partial charge in [-0.1, -0.05) is 0 Å². The van der Waals surface area contributed by atoms with Crippen molar-refractivity contribution in [1.29, 1.82) is 0 Å². The molecule has 0 aliphatic carbocycles. The highest BCUT2D eigenvalue weighted by molar-refractivity contribution is 5.77. The number of rotatable bonds is 1. The van der Waals surface area contributed by atoms with Gasteiger partial charge in [0.15, 0.2) is 6.10 Å². The van der Waals surface area contributed by atoms with Crippen molar-refractivity contribution in [1.82, 2.24) is 4.90 Å². The Balaban J connectivity index is 2.62. The number of ether oxygens (including phenoxy) is 1. The maximum absolute atomic E-state index is 11.0. The summed E-state index contributed by atoms with van der Waals surface area (Å²) in [5, 5.41) is 8.69.